The Morgan fingerprint density at radius 1 is 1.35 bits per heavy atom. The normalized spacial score (nSPS) is 19.3. The van der Waals surface area contributed by atoms with Gasteiger partial charge in [0.1, 0.15) is 0 Å². The van der Waals surface area contributed by atoms with Crippen LogP contribution in [0.4, 0.5) is 0 Å². The second-order valence-electron chi connectivity index (χ2n) is 4.95. The molecule has 1 aromatic rings. The molecule has 1 fully saturated rings. The van der Waals surface area contributed by atoms with E-state index in [1.165, 1.54) is 7.11 Å². The molecule has 0 saturated carbocycles. The quantitative estimate of drug-likeness (QED) is 0.820. The summed E-state index contributed by atoms with van der Waals surface area (Å²) in [5.74, 6) is -0.490. The molecule has 1 saturated heterocycles. The lowest BCUT2D eigenvalue weighted by atomic mass is 9.92. The highest BCUT2D eigenvalue weighted by Gasteiger charge is 2.38. The van der Waals surface area contributed by atoms with Gasteiger partial charge in [0.25, 0.3) is 0 Å². The van der Waals surface area contributed by atoms with Gasteiger partial charge in [-0.05, 0) is 18.4 Å². The number of rotatable bonds is 5. The number of benzene rings is 1. The Morgan fingerprint density at radius 3 is 2.60 bits per heavy atom. The highest BCUT2D eigenvalue weighted by Crippen LogP contribution is 2.22. The lowest BCUT2D eigenvalue weighted by molar-refractivity contribution is -0.152. The van der Waals surface area contributed by atoms with E-state index in [2.05, 4.69) is 0 Å². The Labute approximate surface area is 119 Å². The molecular formula is C15H21NO4. The average Bonchev–Trinajstić information content (AvgIpc) is 2.53. The van der Waals surface area contributed by atoms with Gasteiger partial charge in [-0.25, -0.2) is 4.79 Å². The zero-order valence-corrected chi connectivity index (χ0v) is 11.7. The van der Waals surface area contributed by atoms with Gasteiger partial charge in [0.2, 0.25) is 0 Å². The molecule has 0 aliphatic carbocycles. The monoisotopic (exact) mass is 279 g/mol. The van der Waals surface area contributed by atoms with Crippen molar-refractivity contribution in [1.29, 1.82) is 0 Å². The first-order chi connectivity index (χ1) is 9.66. The number of carbonyl (C=O) groups excluding carboxylic acids is 1. The molecule has 1 aromatic carbocycles. The molecule has 1 unspecified atom stereocenters. The number of nitrogens with two attached hydrogens (primary N) is 1. The summed E-state index contributed by atoms with van der Waals surface area (Å²) >= 11 is 0. The van der Waals surface area contributed by atoms with Crippen LogP contribution < -0.4 is 5.73 Å². The second kappa shape index (κ2) is 6.83. The van der Waals surface area contributed by atoms with Crippen LogP contribution in [0, 0.1) is 0 Å². The highest BCUT2D eigenvalue weighted by atomic mass is 16.5. The molecule has 2 rings (SSSR count). The number of carbonyl (C=O) groups is 1. The maximum Gasteiger partial charge on any atom is 0.332 e. The molecule has 1 heterocycles. The van der Waals surface area contributed by atoms with E-state index in [1.807, 2.05) is 30.3 Å². The molecule has 5 heteroatoms. The van der Waals surface area contributed by atoms with Crippen LogP contribution in [0.3, 0.4) is 0 Å². The molecule has 0 radical (unpaired) electrons. The molecule has 0 amide bonds. The van der Waals surface area contributed by atoms with Crippen LogP contribution in [0.2, 0.25) is 0 Å². The molecule has 1 aliphatic heterocycles. The Bertz CT molecular complexity index is 431. The maximum absolute atomic E-state index is 12.1. The first-order valence-electron chi connectivity index (χ1n) is 6.79. The predicted molar refractivity (Wildman–Crippen MR) is 74.1 cm³/mol. The van der Waals surface area contributed by atoms with Gasteiger partial charge in [-0.15, -0.1) is 0 Å². The van der Waals surface area contributed by atoms with E-state index < -0.39 is 11.5 Å². The van der Waals surface area contributed by atoms with Gasteiger partial charge < -0.3 is 19.9 Å². The SMILES string of the molecule is COC(=O)C(N)(COC1CCOCC1)c1ccccc1. The fourth-order valence-electron chi connectivity index (χ4n) is 2.27. The molecule has 1 atom stereocenters. The van der Waals surface area contributed by atoms with E-state index in [1.54, 1.807) is 0 Å². The summed E-state index contributed by atoms with van der Waals surface area (Å²) in [7, 11) is 1.33. The van der Waals surface area contributed by atoms with Crippen LogP contribution in [-0.2, 0) is 24.5 Å². The molecule has 20 heavy (non-hydrogen) atoms. The van der Waals surface area contributed by atoms with Crippen LogP contribution >= 0.6 is 0 Å². The first kappa shape index (κ1) is 15.0. The van der Waals surface area contributed by atoms with Gasteiger partial charge in [0.05, 0.1) is 19.8 Å². The summed E-state index contributed by atoms with van der Waals surface area (Å²) in [6.07, 6.45) is 1.73. The number of methoxy groups -OCH3 is 1. The summed E-state index contributed by atoms with van der Waals surface area (Å²) in [6, 6.07) is 9.18. The van der Waals surface area contributed by atoms with E-state index in [0.717, 1.165) is 12.8 Å². The van der Waals surface area contributed by atoms with Gasteiger partial charge in [-0.3, -0.25) is 0 Å². The third-order valence-electron chi connectivity index (χ3n) is 3.55. The van der Waals surface area contributed by atoms with Gasteiger partial charge in [0, 0.05) is 13.2 Å². The topological polar surface area (TPSA) is 70.8 Å². The van der Waals surface area contributed by atoms with E-state index in [-0.39, 0.29) is 12.7 Å². The summed E-state index contributed by atoms with van der Waals surface area (Å²) in [6.45, 7) is 1.48. The molecule has 5 nitrogen and oxygen atoms in total. The van der Waals surface area contributed by atoms with Crippen LogP contribution in [-0.4, -0.2) is 39.0 Å². The van der Waals surface area contributed by atoms with Crippen molar-refractivity contribution in [2.45, 2.75) is 24.5 Å². The fraction of sp³-hybridized carbons (Fsp3) is 0.533. The van der Waals surface area contributed by atoms with Crippen molar-refractivity contribution >= 4 is 5.97 Å². The van der Waals surface area contributed by atoms with E-state index in [0.29, 0.717) is 18.8 Å². The van der Waals surface area contributed by atoms with Crippen molar-refractivity contribution in [2.75, 3.05) is 26.9 Å². The number of esters is 1. The van der Waals surface area contributed by atoms with E-state index >= 15 is 0 Å². The number of hydrogen-bond acceptors (Lipinski definition) is 5. The standard InChI is InChI=1S/C15H21NO4/c1-18-14(17)15(16,12-5-3-2-4-6-12)11-20-13-7-9-19-10-8-13/h2-6,13H,7-11,16H2,1H3. The zero-order valence-electron chi connectivity index (χ0n) is 11.7. The molecule has 0 aromatic heterocycles. The summed E-state index contributed by atoms with van der Waals surface area (Å²) in [4.78, 5) is 12.1. The summed E-state index contributed by atoms with van der Waals surface area (Å²) < 4.78 is 15.9. The van der Waals surface area contributed by atoms with Gasteiger partial charge >= 0.3 is 5.97 Å². The van der Waals surface area contributed by atoms with Crippen molar-refractivity contribution in [3.63, 3.8) is 0 Å². The molecule has 2 N–H and O–H groups in total. The van der Waals surface area contributed by atoms with Gasteiger partial charge in [-0.2, -0.15) is 0 Å². The lowest BCUT2D eigenvalue weighted by Gasteiger charge is -2.30. The van der Waals surface area contributed by atoms with Crippen LogP contribution in [0.5, 0.6) is 0 Å². The van der Waals surface area contributed by atoms with Crippen molar-refractivity contribution in [3.8, 4) is 0 Å². The van der Waals surface area contributed by atoms with Crippen LogP contribution in [0.1, 0.15) is 18.4 Å². The highest BCUT2D eigenvalue weighted by molar-refractivity contribution is 5.82. The zero-order chi connectivity index (χ0) is 14.4. The van der Waals surface area contributed by atoms with Crippen molar-refractivity contribution < 1.29 is 19.0 Å². The molecule has 1 aliphatic rings. The van der Waals surface area contributed by atoms with Crippen molar-refractivity contribution in [1.82, 2.24) is 0 Å². The molecule has 0 bridgehead atoms. The van der Waals surface area contributed by atoms with Crippen molar-refractivity contribution in [2.24, 2.45) is 5.73 Å². The fourth-order valence-corrected chi connectivity index (χ4v) is 2.27. The Kier molecular flexibility index (Phi) is 5.11. The minimum Gasteiger partial charge on any atom is -0.467 e. The van der Waals surface area contributed by atoms with Gasteiger partial charge in [0.15, 0.2) is 5.54 Å². The van der Waals surface area contributed by atoms with E-state index in [9.17, 15) is 4.79 Å². The Morgan fingerprint density at radius 2 is 2.00 bits per heavy atom. The Hall–Kier alpha value is -1.43. The van der Waals surface area contributed by atoms with Crippen LogP contribution in [0.25, 0.3) is 0 Å². The minimum atomic E-state index is -1.27. The number of hydrogen-bond donors (Lipinski definition) is 1. The second-order valence-corrected chi connectivity index (χ2v) is 4.95. The summed E-state index contributed by atoms with van der Waals surface area (Å²) in [5.41, 5.74) is 5.68. The summed E-state index contributed by atoms with van der Waals surface area (Å²) in [5, 5.41) is 0. The minimum absolute atomic E-state index is 0.0834. The first-order valence-corrected chi connectivity index (χ1v) is 6.79. The number of ether oxygens (including phenoxy) is 3. The van der Waals surface area contributed by atoms with Crippen LogP contribution in [0.15, 0.2) is 30.3 Å². The van der Waals surface area contributed by atoms with Gasteiger partial charge in [-0.1, -0.05) is 30.3 Å². The third-order valence-corrected chi connectivity index (χ3v) is 3.55. The molecular weight excluding hydrogens is 258 g/mol. The predicted octanol–water partition coefficient (Wildman–Crippen LogP) is 1.21. The third kappa shape index (κ3) is 3.36. The largest absolute Gasteiger partial charge is 0.467 e. The maximum atomic E-state index is 12.1. The average molecular weight is 279 g/mol. The molecule has 110 valence electrons. The Balaban J connectivity index is 2.09. The lowest BCUT2D eigenvalue weighted by Crippen LogP contribution is -2.50. The van der Waals surface area contributed by atoms with E-state index in [4.69, 9.17) is 19.9 Å². The molecule has 0 spiro atoms. The van der Waals surface area contributed by atoms with Crippen molar-refractivity contribution in [3.05, 3.63) is 35.9 Å². The smallest absolute Gasteiger partial charge is 0.332 e.